The summed E-state index contributed by atoms with van der Waals surface area (Å²) in [5.41, 5.74) is 7.15. The van der Waals surface area contributed by atoms with Crippen LogP contribution in [0, 0.1) is 19.8 Å². The fourth-order valence-electron chi connectivity index (χ4n) is 2.25. The molecule has 0 bridgehead atoms. The van der Waals surface area contributed by atoms with Crippen molar-refractivity contribution >= 4 is 15.7 Å². The standard InChI is InChI=1S/C14H22N2O3S/c1-9(2)14(17)7-16(8-14)20(18,19)12-5-10(3)11(4)13(15)6-12/h5-6,9,17H,7-8,15H2,1-4H3. The molecule has 20 heavy (non-hydrogen) atoms. The molecule has 3 N–H and O–H groups in total. The van der Waals surface area contributed by atoms with Crippen molar-refractivity contribution < 1.29 is 13.5 Å². The molecule has 6 heteroatoms. The number of anilines is 1. The second kappa shape index (κ2) is 4.72. The van der Waals surface area contributed by atoms with Gasteiger partial charge in [0.2, 0.25) is 10.0 Å². The zero-order chi connectivity index (χ0) is 15.3. The first-order valence-corrected chi connectivity index (χ1v) is 8.11. The summed E-state index contributed by atoms with van der Waals surface area (Å²) in [6.07, 6.45) is 0. The van der Waals surface area contributed by atoms with Crippen LogP contribution in [0.15, 0.2) is 17.0 Å². The molecule has 1 aromatic rings. The topological polar surface area (TPSA) is 83.6 Å². The zero-order valence-electron chi connectivity index (χ0n) is 12.3. The molecule has 0 atom stereocenters. The Morgan fingerprint density at radius 3 is 2.30 bits per heavy atom. The van der Waals surface area contributed by atoms with E-state index >= 15 is 0 Å². The zero-order valence-corrected chi connectivity index (χ0v) is 13.2. The number of nitrogen functional groups attached to an aromatic ring is 1. The maximum atomic E-state index is 12.5. The molecule has 1 aromatic carbocycles. The number of nitrogens with zero attached hydrogens (tertiary/aromatic N) is 1. The van der Waals surface area contributed by atoms with Crippen LogP contribution >= 0.6 is 0 Å². The predicted octanol–water partition coefficient (Wildman–Crippen LogP) is 1.28. The van der Waals surface area contributed by atoms with Crippen LogP contribution in [-0.2, 0) is 10.0 Å². The molecule has 5 nitrogen and oxygen atoms in total. The lowest BCUT2D eigenvalue weighted by atomic mass is 9.85. The van der Waals surface area contributed by atoms with E-state index in [1.165, 1.54) is 10.4 Å². The molecule has 1 heterocycles. The van der Waals surface area contributed by atoms with Gasteiger partial charge >= 0.3 is 0 Å². The molecule has 0 amide bonds. The minimum absolute atomic E-state index is 0.0266. The lowest BCUT2D eigenvalue weighted by Gasteiger charge is -2.47. The Labute approximate surface area is 120 Å². The number of hydrogen-bond acceptors (Lipinski definition) is 4. The summed E-state index contributed by atoms with van der Waals surface area (Å²) in [6.45, 7) is 7.75. The molecule has 0 spiro atoms. The smallest absolute Gasteiger partial charge is 0.243 e. The SMILES string of the molecule is Cc1cc(S(=O)(=O)N2CC(O)(C(C)C)C2)cc(N)c1C. The Morgan fingerprint density at radius 2 is 1.85 bits per heavy atom. The van der Waals surface area contributed by atoms with Crippen LogP contribution in [0.3, 0.4) is 0 Å². The van der Waals surface area contributed by atoms with E-state index in [0.29, 0.717) is 5.69 Å². The van der Waals surface area contributed by atoms with Crippen molar-refractivity contribution in [3.63, 3.8) is 0 Å². The van der Waals surface area contributed by atoms with Crippen molar-refractivity contribution in [2.75, 3.05) is 18.8 Å². The van der Waals surface area contributed by atoms with Gasteiger partial charge in [-0.25, -0.2) is 8.42 Å². The van der Waals surface area contributed by atoms with Crippen molar-refractivity contribution in [2.45, 2.75) is 38.2 Å². The summed E-state index contributed by atoms with van der Waals surface area (Å²) in [4.78, 5) is 0.198. The van der Waals surface area contributed by atoms with Gasteiger partial charge < -0.3 is 10.8 Å². The van der Waals surface area contributed by atoms with E-state index in [9.17, 15) is 13.5 Å². The van der Waals surface area contributed by atoms with Gasteiger partial charge in [-0.05, 0) is 43.0 Å². The number of benzene rings is 1. The minimum atomic E-state index is -3.58. The Bertz CT molecular complexity index is 609. The monoisotopic (exact) mass is 298 g/mol. The van der Waals surface area contributed by atoms with Gasteiger partial charge in [0, 0.05) is 18.8 Å². The fraction of sp³-hybridized carbons (Fsp3) is 0.571. The van der Waals surface area contributed by atoms with Crippen molar-refractivity contribution in [1.82, 2.24) is 4.31 Å². The van der Waals surface area contributed by atoms with E-state index < -0.39 is 15.6 Å². The van der Waals surface area contributed by atoms with E-state index in [-0.39, 0.29) is 23.9 Å². The molecular formula is C14H22N2O3S. The van der Waals surface area contributed by atoms with Crippen molar-refractivity contribution in [3.05, 3.63) is 23.3 Å². The molecule has 2 rings (SSSR count). The van der Waals surface area contributed by atoms with Gasteiger partial charge in [0.1, 0.15) is 0 Å². The number of β-amino-alcohol motifs (C(OH)–C–C–N with tert-alkyl or cyclic N) is 1. The molecule has 0 aromatic heterocycles. The van der Waals surface area contributed by atoms with Crippen molar-refractivity contribution in [1.29, 1.82) is 0 Å². The third-order valence-electron chi connectivity index (χ3n) is 4.29. The van der Waals surface area contributed by atoms with Crippen LogP contribution < -0.4 is 5.73 Å². The normalized spacial score (nSPS) is 19.1. The molecule has 1 saturated heterocycles. The summed E-state index contributed by atoms with van der Waals surface area (Å²) < 4.78 is 26.3. The van der Waals surface area contributed by atoms with Crippen LogP contribution in [0.25, 0.3) is 0 Å². The number of sulfonamides is 1. The molecular weight excluding hydrogens is 276 g/mol. The molecule has 1 fully saturated rings. The summed E-state index contributed by atoms with van der Waals surface area (Å²) in [6, 6.07) is 3.12. The fourth-order valence-corrected chi connectivity index (χ4v) is 3.94. The molecule has 0 radical (unpaired) electrons. The first-order chi connectivity index (χ1) is 9.08. The molecule has 1 aliphatic rings. The highest BCUT2D eigenvalue weighted by molar-refractivity contribution is 7.89. The van der Waals surface area contributed by atoms with Gasteiger partial charge in [0.25, 0.3) is 0 Å². The van der Waals surface area contributed by atoms with E-state index in [1.807, 2.05) is 27.7 Å². The minimum Gasteiger partial charge on any atom is -0.398 e. The third kappa shape index (κ3) is 2.32. The van der Waals surface area contributed by atoms with Crippen LogP contribution in [-0.4, -0.2) is 36.5 Å². The quantitative estimate of drug-likeness (QED) is 0.823. The predicted molar refractivity (Wildman–Crippen MR) is 78.9 cm³/mol. The van der Waals surface area contributed by atoms with Gasteiger partial charge in [-0.3, -0.25) is 0 Å². The maximum Gasteiger partial charge on any atom is 0.243 e. The summed E-state index contributed by atoms with van der Waals surface area (Å²) in [5.74, 6) is 0.0266. The molecule has 0 saturated carbocycles. The summed E-state index contributed by atoms with van der Waals surface area (Å²) in [7, 11) is -3.58. The Morgan fingerprint density at radius 1 is 1.30 bits per heavy atom. The second-order valence-electron chi connectivity index (χ2n) is 5.99. The van der Waals surface area contributed by atoms with Gasteiger partial charge in [-0.2, -0.15) is 4.31 Å². The highest BCUT2D eigenvalue weighted by Gasteiger charge is 2.49. The van der Waals surface area contributed by atoms with Gasteiger partial charge in [-0.15, -0.1) is 0 Å². The molecule has 0 aliphatic carbocycles. The number of aryl methyl sites for hydroxylation is 1. The average molecular weight is 298 g/mol. The van der Waals surface area contributed by atoms with Crippen molar-refractivity contribution in [2.24, 2.45) is 5.92 Å². The number of rotatable bonds is 3. The van der Waals surface area contributed by atoms with E-state index in [0.717, 1.165) is 11.1 Å². The Balaban J connectivity index is 2.30. The van der Waals surface area contributed by atoms with Gasteiger partial charge in [0.05, 0.1) is 10.5 Å². The first-order valence-electron chi connectivity index (χ1n) is 6.67. The van der Waals surface area contributed by atoms with Crippen LogP contribution in [0.4, 0.5) is 5.69 Å². The van der Waals surface area contributed by atoms with Crippen LogP contribution in [0.2, 0.25) is 0 Å². The van der Waals surface area contributed by atoms with Crippen LogP contribution in [0.1, 0.15) is 25.0 Å². The molecule has 112 valence electrons. The van der Waals surface area contributed by atoms with Gasteiger partial charge in [-0.1, -0.05) is 13.8 Å². The van der Waals surface area contributed by atoms with E-state index in [4.69, 9.17) is 5.73 Å². The molecule has 0 unspecified atom stereocenters. The Kier molecular flexibility index (Phi) is 3.60. The third-order valence-corrected chi connectivity index (χ3v) is 6.06. The summed E-state index contributed by atoms with van der Waals surface area (Å²) in [5, 5.41) is 10.2. The van der Waals surface area contributed by atoms with E-state index in [2.05, 4.69) is 0 Å². The molecule has 1 aliphatic heterocycles. The highest BCUT2D eigenvalue weighted by Crippen LogP contribution is 2.34. The summed E-state index contributed by atoms with van der Waals surface area (Å²) >= 11 is 0. The number of nitrogens with two attached hydrogens (primary N) is 1. The van der Waals surface area contributed by atoms with Gasteiger partial charge in [0.15, 0.2) is 0 Å². The van der Waals surface area contributed by atoms with Crippen LogP contribution in [0.5, 0.6) is 0 Å². The second-order valence-corrected chi connectivity index (χ2v) is 7.92. The van der Waals surface area contributed by atoms with E-state index in [1.54, 1.807) is 6.07 Å². The maximum absolute atomic E-state index is 12.5. The number of hydrogen-bond donors (Lipinski definition) is 2. The Hall–Kier alpha value is -1.11. The lowest BCUT2D eigenvalue weighted by Crippen LogP contribution is -2.65. The largest absolute Gasteiger partial charge is 0.398 e. The first kappa shape index (κ1) is 15.3. The highest BCUT2D eigenvalue weighted by atomic mass is 32.2. The van der Waals surface area contributed by atoms with Crippen molar-refractivity contribution in [3.8, 4) is 0 Å². The number of aliphatic hydroxyl groups is 1. The lowest BCUT2D eigenvalue weighted by molar-refractivity contribution is -0.0932. The average Bonchev–Trinajstić information content (AvgIpc) is 2.30.